The Kier molecular flexibility index (Phi) is 5.85. The van der Waals surface area contributed by atoms with Gasteiger partial charge in [0.2, 0.25) is 5.91 Å². The van der Waals surface area contributed by atoms with Crippen molar-refractivity contribution in [3.05, 3.63) is 39.5 Å². The van der Waals surface area contributed by atoms with Crippen molar-refractivity contribution in [1.82, 2.24) is 25.3 Å². The molecule has 4 rings (SSSR count). The number of aromatic nitrogens is 2. The van der Waals surface area contributed by atoms with Gasteiger partial charge in [0.1, 0.15) is 5.56 Å². The predicted molar refractivity (Wildman–Crippen MR) is 113 cm³/mol. The number of hydrogen-bond acceptors (Lipinski definition) is 5. The van der Waals surface area contributed by atoms with E-state index in [4.69, 9.17) is 0 Å². The summed E-state index contributed by atoms with van der Waals surface area (Å²) < 4.78 is 40.4. The fraction of sp³-hybridized carbons (Fsp3) is 0.682. The number of H-pyrrole nitrogens is 1. The number of alkyl halides is 3. The van der Waals surface area contributed by atoms with Crippen LogP contribution in [0.5, 0.6) is 0 Å². The van der Waals surface area contributed by atoms with Gasteiger partial charge in [-0.15, -0.1) is 0 Å². The van der Waals surface area contributed by atoms with Gasteiger partial charge in [-0.25, -0.2) is 5.10 Å². The number of rotatable bonds is 6. The van der Waals surface area contributed by atoms with E-state index in [1.54, 1.807) is 0 Å². The van der Waals surface area contributed by atoms with Crippen molar-refractivity contribution in [3.8, 4) is 0 Å². The third-order valence-electron chi connectivity index (χ3n) is 6.81. The smallest absolute Gasteiger partial charge is 0.372 e. The number of amides is 1. The molecule has 2 N–H and O–H groups in total. The molecule has 1 aromatic heterocycles. The lowest BCUT2D eigenvalue weighted by Crippen LogP contribution is -2.48. The lowest BCUT2D eigenvalue weighted by atomic mass is 9.85. The lowest BCUT2D eigenvalue weighted by Gasteiger charge is -2.37. The number of hydrogen-bond donors (Lipinski definition) is 2. The average Bonchev–Trinajstić information content (AvgIpc) is 3.52. The van der Waals surface area contributed by atoms with Gasteiger partial charge in [-0.1, -0.05) is 20.4 Å². The molecule has 0 radical (unpaired) electrons. The second-order valence-electron chi connectivity index (χ2n) is 9.74. The van der Waals surface area contributed by atoms with Gasteiger partial charge >= 0.3 is 6.18 Å². The summed E-state index contributed by atoms with van der Waals surface area (Å²) in [6.45, 7) is 11.3. The molecule has 1 aliphatic heterocycles. The number of nitrogens with zero attached hydrogens (tertiary/aromatic N) is 3. The minimum absolute atomic E-state index is 0.0148. The number of aromatic amines is 1. The van der Waals surface area contributed by atoms with E-state index < -0.39 is 28.8 Å². The van der Waals surface area contributed by atoms with Crippen molar-refractivity contribution < 1.29 is 18.0 Å². The molecule has 7 nitrogen and oxygen atoms in total. The topological polar surface area (TPSA) is 81.3 Å². The molecule has 1 aromatic rings. The fourth-order valence-electron chi connectivity index (χ4n) is 4.87. The Morgan fingerprint density at radius 3 is 2.44 bits per heavy atom. The summed E-state index contributed by atoms with van der Waals surface area (Å²) in [7, 11) is 0. The normalized spacial score (nSPS) is 22.7. The third kappa shape index (κ3) is 4.42. The molecule has 32 heavy (non-hydrogen) atoms. The molecule has 176 valence electrons. The summed E-state index contributed by atoms with van der Waals surface area (Å²) in [5.74, 6) is 0.496. The van der Waals surface area contributed by atoms with Gasteiger partial charge in [0.25, 0.3) is 5.56 Å². The fourth-order valence-corrected chi connectivity index (χ4v) is 4.87. The molecule has 2 aliphatic carbocycles. The van der Waals surface area contributed by atoms with Crippen LogP contribution < -0.4 is 10.9 Å². The molecule has 1 saturated carbocycles. The maximum Gasteiger partial charge on any atom is 0.422 e. The summed E-state index contributed by atoms with van der Waals surface area (Å²) in [4.78, 5) is 28.1. The van der Waals surface area contributed by atoms with E-state index in [-0.39, 0.29) is 29.5 Å². The molecule has 1 unspecified atom stereocenters. The van der Waals surface area contributed by atoms with E-state index in [0.717, 1.165) is 31.6 Å². The highest BCUT2D eigenvalue weighted by molar-refractivity contribution is 5.81. The minimum Gasteiger partial charge on any atom is -0.372 e. The third-order valence-corrected chi connectivity index (χ3v) is 6.81. The van der Waals surface area contributed by atoms with Crippen molar-refractivity contribution in [2.24, 2.45) is 11.3 Å². The van der Waals surface area contributed by atoms with Crippen molar-refractivity contribution in [3.63, 3.8) is 0 Å². The van der Waals surface area contributed by atoms with Gasteiger partial charge in [0, 0.05) is 44.3 Å². The number of carbonyl (C=O) groups excluding carboxylic acids is 1. The molecular formula is C22H30F3N5O2. The molecule has 1 amide bonds. The number of halogens is 3. The Bertz CT molecular complexity index is 959. The van der Waals surface area contributed by atoms with Crippen LogP contribution in [0.1, 0.15) is 56.0 Å². The van der Waals surface area contributed by atoms with Crippen LogP contribution in [0.25, 0.3) is 0 Å². The van der Waals surface area contributed by atoms with Crippen LogP contribution in [0.3, 0.4) is 0 Å². The van der Waals surface area contributed by atoms with Crippen molar-refractivity contribution in [2.75, 3.05) is 32.7 Å². The molecular weight excluding hydrogens is 423 g/mol. The zero-order valence-electron chi connectivity index (χ0n) is 18.5. The van der Waals surface area contributed by atoms with E-state index in [2.05, 4.69) is 21.9 Å². The maximum absolute atomic E-state index is 13.5. The summed E-state index contributed by atoms with van der Waals surface area (Å²) in [5.41, 5.74) is -1.66. The van der Waals surface area contributed by atoms with Crippen LogP contribution in [-0.2, 0) is 17.4 Å². The maximum atomic E-state index is 13.5. The molecule has 3 aliphatic rings. The van der Waals surface area contributed by atoms with Crippen LogP contribution in [0.4, 0.5) is 13.2 Å². The molecule has 1 atom stereocenters. The monoisotopic (exact) mass is 453 g/mol. The van der Waals surface area contributed by atoms with E-state index >= 15 is 0 Å². The number of fused-ring (bicyclic) bond motifs is 1. The Labute approximate surface area is 185 Å². The number of carbonyl (C=O) groups is 1. The molecule has 0 spiro atoms. The molecule has 1 saturated heterocycles. The van der Waals surface area contributed by atoms with E-state index in [0.29, 0.717) is 26.1 Å². The molecule has 10 heteroatoms. The van der Waals surface area contributed by atoms with Gasteiger partial charge in [0.15, 0.2) is 0 Å². The van der Waals surface area contributed by atoms with E-state index in [1.165, 1.54) is 0 Å². The first kappa shape index (κ1) is 22.8. The van der Waals surface area contributed by atoms with Gasteiger partial charge in [-0.3, -0.25) is 9.59 Å². The highest BCUT2D eigenvalue weighted by atomic mass is 19.4. The molecule has 0 aromatic carbocycles. The first-order valence-corrected chi connectivity index (χ1v) is 11.1. The Morgan fingerprint density at radius 2 is 1.84 bits per heavy atom. The highest BCUT2D eigenvalue weighted by Gasteiger charge is 2.47. The highest BCUT2D eigenvalue weighted by Crippen LogP contribution is 2.47. The average molecular weight is 454 g/mol. The lowest BCUT2D eigenvalue weighted by molar-refractivity contribution is -0.139. The summed E-state index contributed by atoms with van der Waals surface area (Å²) in [6, 6.07) is -0.406. The molecule has 2 heterocycles. The van der Waals surface area contributed by atoms with Crippen LogP contribution in [0.15, 0.2) is 17.1 Å². The Hall–Kier alpha value is -2.36. The van der Waals surface area contributed by atoms with Crippen LogP contribution in [-0.4, -0.2) is 58.6 Å². The number of nitrogens with one attached hydrogen (secondary N) is 2. The first-order valence-electron chi connectivity index (χ1n) is 11.1. The Balaban J connectivity index is 1.35. The standard InChI is InChI=1S/C22H30F3N5O2/c1-13(29-8-10-30(11-9-29)20(32)14-4-5-14)6-7-26-18-17-15(12-21(18,2)3)16(22(23,24)25)19(31)28-27-17/h14,18,26H,1,4-12H2,2-3H3,(H,28,31). The molecule has 2 fully saturated rings. The largest absolute Gasteiger partial charge is 0.422 e. The van der Waals surface area contributed by atoms with Gasteiger partial charge < -0.3 is 15.1 Å². The van der Waals surface area contributed by atoms with E-state index in [9.17, 15) is 22.8 Å². The Morgan fingerprint density at radius 1 is 1.22 bits per heavy atom. The second-order valence-corrected chi connectivity index (χ2v) is 9.74. The number of piperazine rings is 1. The van der Waals surface area contributed by atoms with Crippen molar-refractivity contribution >= 4 is 5.91 Å². The predicted octanol–water partition coefficient (Wildman–Crippen LogP) is 2.46. The zero-order chi connectivity index (χ0) is 23.3. The molecule has 0 bridgehead atoms. The zero-order valence-corrected chi connectivity index (χ0v) is 18.5. The van der Waals surface area contributed by atoms with Gasteiger partial charge in [0.05, 0.1) is 11.7 Å². The second kappa shape index (κ2) is 8.20. The minimum atomic E-state index is -4.72. The summed E-state index contributed by atoms with van der Waals surface area (Å²) >= 11 is 0. The summed E-state index contributed by atoms with van der Waals surface area (Å²) in [5, 5.41) is 9.34. The van der Waals surface area contributed by atoms with Crippen LogP contribution >= 0.6 is 0 Å². The quantitative estimate of drug-likeness (QED) is 0.692. The SMILES string of the molecule is C=C(CCNC1c2n[nH]c(=O)c(C(F)(F)F)c2CC1(C)C)N1CCN(C(=O)C2CC2)CC1. The van der Waals surface area contributed by atoms with Crippen LogP contribution in [0.2, 0.25) is 0 Å². The first-order chi connectivity index (χ1) is 15.0. The summed E-state index contributed by atoms with van der Waals surface area (Å²) in [6.07, 6.45) is -1.95. The van der Waals surface area contributed by atoms with Crippen molar-refractivity contribution in [1.29, 1.82) is 0 Å². The van der Waals surface area contributed by atoms with Gasteiger partial charge in [-0.05, 0) is 36.7 Å². The van der Waals surface area contributed by atoms with Crippen molar-refractivity contribution in [2.45, 2.75) is 51.7 Å². The van der Waals surface area contributed by atoms with E-state index in [1.807, 2.05) is 23.8 Å². The van der Waals surface area contributed by atoms with Gasteiger partial charge in [-0.2, -0.15) is 18.3 Å². The van der Waals surface area contributed by atoms with Crippen LogP contribution in [0, 0.1) is 11.3 Å².